The van der Waals surface area contributed by atoms with Crippen LogP contribution in [0.25, 0.3) is 0 Å². The number of rotatable bonds is 5. The molecule has 2 heteroatoms. The number of piperidine rings is 1. The van der Waals surface area contributed by atoms with Gasteiger partial charge in [-0.3, -0.25) is 4.90 Å². The average molecular weight is 272 g/mol. The van der Waals surface area contributed by atoms with Gasteiger partial charge in [-0.2, -0.15) is 0 Å². The normalized spacial score (nSPS) is 22.9. The molecule has 1 heterocycles. The zero-order chi connectivity index (χ0) is 14.0. The molecule has 1 N–H and O–H groups in total. The summed E-state index contributed by atoms with van der Waals surface area (Å²) < 4.78 is 0. The van der Waals surface area contributed by atoms with Gasteiger partial charge in [0.2, 0.25) is 0 Å². The molecule has 0 bridgehead atoms. The first-order valence-corrected chi connectivity index (χ1v) is 8.15. The van der Waals surface area contributed by atoms with E-state index < -0.39 is 0 Å². The molecule has 20 heavy (non-hydrogen) atoms. The van der Waals surface area contributed by atoms with E-state index in [9.17, 15) is 0 Å². The second-order valence-corrected chi connectivity index (χ2v) is 7.36. The van der Waals surface area contributed by atoms with E-state index in [4.69, 9.17) is 0 Å². The molecule has 3 rings (SSSR count). The minimum absolute atomic E-state index is 0.545. The van der Waals surface area contributed by atoms with Crippen LogP contribution in [-0.4, -0.2) is 24.0 Å². The molecule has 1 saturated heterocycles. The van der Waals surface area contributed by atoms with Crippen LogP contribution in [0, 0.1) is 5.41 Å². The summed E-state index contributed by atoms with van der Waals surface area (Å²) in [4.78, 5) is 2.63. The van der Waals surface area contributed by atoms with Crippen molar-refractivity contribution in [3.63, 3.8) is 0 Å². The predicted octanol–water partition coefficient (Wildman–Crippen LogP) is 3.56. The highest BCUT2D eigenvalue weighted by Crippen LogP contribution is 2.30. The first-order chi connectivity index (χ1) is 9.62. The number of benzene rings is 1. The fraction of sp³-hybridized carbons (Fsp3) is 0.667. The van der Waals surface area contributed by atoms with Crippen LogP contribution >= 0.6 is 0 Å². The van der Waals surface area contributed by atoms with Gasteiger partial charge >= 0.3 is 0 Å². The van der Waals surface area contributed by atoms with Crippen LogP contribution < -0.4 is 5.32 Å². The lowest BCUT2D eigenvalue weighted by molar-refractivity contribution is 0.127. The van der Waals surface area contributed by atoms with E-state index in [-0.39, 0.29) is 0 Å². The summed E-state index contributed by atoms with van der Waals surface area (Å²) >= 11 is 0. The maximum absolute atomic E-state index is 3.65. The highest BCUT2D eigenvalue weighted by molar-refractivity contribution is 5.27. The third-order valence-corrected chi connectivity index (χ3v) is 4.88. The van der Waals surface area contributed by atoms with Gasteiger partial charge in [-0.25, -0.2) is 0 Å². The summed E-state index contributed by atoms with van der Waals surface area (Å²) in [6.07, 6.45) is 5.39. The van der Waals surface area contributed by atoms with Crippen LogP contribution in [0.3, 0.4) is 0 Å². The van der Waals surface area contributed by atoms with E-state index >= 15 is 0 Å². The minimum Gasteiger partial charge on any atom is -0.310 e. The molecule has 2 nitrogen and oxygen atoms in total. The maximum atomic E-state index is 3.65. The maximum Gasteiger partial charge on any atom is 0.0236 e. The predicted molar refractivity (Wildman–Crippen MR) is 84.6 cm³/mol. The van der Waals surface area contributed by atoms with E-state index in [1.165, 1.54) is 49.9 Å². The molecule has 0 radical (unpaired) electrons. The molecule has 2 aliphatic rings. The molecule has 0 amide bonds. The van der Waals surface area contributed by atoms with Crippen molar-refractivity contribution in [3.8, 4) is 0 Å². The highest BCUT2D eigenvalue weighted by Gasteiger charge is 2.25. The number of hydrogen-bond donors (Lipinski definition) is 1. The fourth-order valence-electron chi connectivity index (χ4n) is 2.98. The molecule has 1 aliphatic carbocycles. The third-order valence-electron chi connectivity index (χ3n) is 4.88. The van der Waals surface area contributed by atoms with Gasteiger partial charge in [0.1, 0.15) is 0 Å². The molecule has 0 spiro atoms. The van der Waals surface area contributed by atoms with Crippen LogP contribution in [0.5, 0.6) is 0 Å². The fourth-order valence-corrected chi connectivity index (χ4v) is 2.98. The Morgan fingerprint density at radius 1 is 1.10 bits per heavy atom. The summed E-state index contributed by atoms with van der Waals surface area (Å²) in [5.74, 6) is 0. The first-order valence-electron chi connectivity index (χ1n) is 8.15. The Labute approximate surface area is 123 Å². The van der Waals surface area contributed by atoms with E-state index in [1.807, 2.05) is 0 Å². The molecule has 0 atom stereocenters. The van der Waals surface area contributed by atoms with E-state index in [1.54, 1.807) is 0 Å². The molecule has 1 saturated carbocycles. The number of nitrogens with zero attached hydrogens (tertiary/aromatic N) is 1. The van der Waals surface area contributed by atoms with Crippen molar-refractivity contribution in [3.05, 3.63) is 35.4 Å². The molecule has 0 aromatic heterocycles. The van der Waals surface area contributed by atoms with Gasteiger partial charge in [0.05, 0.1) is 0 Å². The lowest BCUT2D eigenvalue weighted by Gasteiger charge is -2.37. The van der Waals surface area contributed by atoms with Crippen LogP contribution in [0.2, 0.25) is 0 Å². The monoisotopic (exact) mass is 272 g/mol. The number of nitrogens with one attached hydrogen (secondary N) is 1. The van der Waals surface area contributed by atoms with Crippen LogP contribution in [0.4, 0.5) is 0 Å². The van der Waals surface area contributed by atoms with Gasteiger partial charge in [-0.05, 0) is 55.3 Å². The zero-order valence-corrected chi connectivity index (χ0v) is 13.0. The van der Waals surface area contributed by atoms with Gasteiger partial charge in [0.15, 0.2) is 0 Å². The lowest BCUT2D eigenvalue weighted by Crippen LogP contribution is -2.37. The Hall–Kier alpha value is -0.860. The molecule has 0 unspecified atom stereocenters. The zero-order valence-electron chi connectivity index (χ0n) is 13.0. The van der Waals surface area contributed by atoms with Crippen molar-refractivity contribution in [2.75, 3.05) is 13.1 Å². The second kappa shape index (κ2) is 5.87. The topological polar surface area (TPSA) is 15.3 Å². The SMILES string of the molecule is CC1(C)CCN(Cc2ccccc2CNC2CC2)CC1. The van der Waals surface area contributed by atoms with E-state index in [2.05, 4.69) is 48.3 Å². The summed E-state index contributed by atoms with van der Waals surface area (Å²) in [6.45, 7) is 9.46. The van der Waals surface area contributed by atoms with Gasteiger partial charge in [0.25, 0.3) is 0 Å². The first kappa shape index (κ1) is 14.1. The van der Waals surface area contributed by atoms with Crippen molar-refractivity contribution in [1.29, 1.82) is 0 Å². The van der Waals surface area contributed by atoms with Gasteiger partial charge in [-0.1, -0.05) is 38.1 Å². The Bertz CT molecular complexity index is 438. The van der Waals surface area contributed by atoms with Gasteiger partial charge < -0.3 is 5.32 Å². The molecular formula is C18H28N2. The van der Waals surface area contributed by atoms with Crippen molar-refractivity contribution in [2.45, 2.75) is 58.7 Å². The minimum atomic E-state index is 0.545. The standard InChI is InChI=1S/C18H28N2/c1-18(2)9-11-20(12-10-18)14-16-6-4-3-5-15(16)13-19-17-7-8-17/h3-6,17,19H,7-14H2,1-2H3. The van der Waals surface area contributed by atoms with Crippen LogP contribution in [0.1, 0.15) is 50.7 Å². The third kappa shape index (κ3) is 3.83. The molecule has 2 fully saturated rings. The Morgan fingerprint density at radius 2 is 1.75 bits per heavy atom. The molecule has 1 aliphatic heterocycles. The van der Waals surface area contributed by atoms with Crippen molar-refractivity contribution in [1.82, 2.24) is 10.2 Å². The smallest absolute Gasteiger partial charge is 0.0236 e. The van der Waals surface area contributed by atoms with Crippen molar-refractivity contribution in [2.24, 2.45) is 5.41 Å². The van der Waals surface area contributed by atoms with Crippen molar-refractivity contribution < 1.29 is 0 Å². The van der Waals surface area contributed by atoms with Gasteiger partial charge in [-0.15, -0.1) is 0 Å². The molecular weight excluding hydrogens is 244 g/mol. The van der Waals surface area contributed by atoms with Crippen LogP contribution in [0.15, 0.2) is 24.3 Å². The summed E-state index contributed by atoms with van der Waals surface area (Å²) in [6, 6.07) is 9.75. The second-order valence-electron chi connectivity index (χ2n) is 7.36. The Morgan fingerprint density at radius 3 is 2.40 bits per heavy atom. The lowest BCUT2D eigenvalue weighted by atomic mass is 9.82. The Balaban J connectivity index is 1.58. The number of likely N-dealkylation sites (tertiary alicyclic amines) is 1. The number of hydrogen-bond acceptors (Lipinski definition) is 2. The molecule has 1 aromatic carbocycles. The average Bonchev–Trinajstić information content (AvgIpc) is 3.24. The largest absolute Gasteiger partial charge is 0.310 e. The van der Waals surface area contributed by atoms with Gasteiger partial charge in [0, 0.05) is 19.1 Å². The molecule has 110 valence electrons. The highest BCUT2D eigenvalue weighted by atomic mass is 15.1. The van der Waals surface area contributed by atoms with Crippen LogP contribution in [-0.2, 0) is 13.1 Å². The quantitative estimate of drug-likeness (QED) is 0.881. The van der Waals surface area contributed by atoms with E-state index in [0.717, 1.165) is 19.1 Å². The van der Waals surface area contributed by atoms with Crippen molar-refractivity contribution >= 4 is 0 Å². The Kier molecular flexibility index (Phi) is 4.13. The summed E-state index contributed by atoms with van der Waals surface area (Å²) in [7, 11) is 0. The van der Waals surface area contributed by atoms with E-state index in [0.29, 0.717) is 5.41 Å². The molecule has 1 aromatic rings. The summed E-state index contributed by atoms with van der Waals surface area (Å²) in [5.41, 5.74) is 3.55. The summed E-state index contributed by atoms with van der Waals surface area (Å²) in [5, 5.41) is 3.65.